The van der Waals surface area contributed by atoms with Gasteiger partial charge in [-0.2, -0.15) is 0 Å². The van der Waals surface area contributed by atoms with Crippen LogP contribution in [0.2, 0.25) is 0 Å². The molecule has 0 aliphatic rings. The first-order valence-corrected chi connectivity index (χ1v) is 5.79. The van der Waals surface area contributed by atoms with Crippen LogP contribution in [0, 0.1) is 0 Å². The third kappa shape index (κ3) is 4.40. The molecule has 1 amide bonds. The summed E-state index contributed by atoms with van der Waals surface area (Å²) in [7, 11) is 0. The molecule has 0 aliphatic heterocycles. The summed E-state index contributed by atoms with van der Waals surface area (Å²) in [6.45, 7) is 2.90. The van der Waals surface area contributed by atoms with Crippen LogP contribution in [0.25, 0.3) is 0 Å². The predicted octanol–water partition coefficient (Wildman–Crippen LogP) is 2.09. The summed E-state index contributed by atoms with van der Waals surface area (Å²) in [6.07, 6.45) is 2.14. The number of nitrogens with one attached hydrogen (secondary N) is 2. The van der Waals surface area contributed by atoms with Crippen LogP contribution in [0.1, 0.15) is 30.1 Å². The van der Waals surface area contributed by atoms with Gasteiger partial charge in [0.05, 0.1) is 0 Å². The second-order valence-electron chi connectivity index (χ2n) is 3.43. The van der Waals surface area contributed by atoms with Gasteiger partial charge in [0.2, 0.25) is 0 Å². The molecular weight excluding hydrogens is 220 g/mol. The molecule has 0 saturated heterocycles. The van der Waals surface area contributed by atoms with Gasteiger partial charge in [-0.1, -0.05) is 31.5 Å². The van der Waals surface area contributed by atoms with Crippen molar-refractivity contribution in [2.24, 2.45) is 0 Å². The zero-order valence-electron chi connectivity index (χ0n) is 9.32. The van der Waals surface area contributed by atoms with E-state index in [0.717, 1.165) is 19.4 Å². The molecule has 0 aromatic heterocycles. The quantitative estimate of drug-likeness (QED) is 0.621. The summed E-state index contributed by atoms with van der Waals surface area (Å²) in [5.41, 5.74) is 0.613. The van der Waals surface area contributed by atoms with Gasteiger partial charge in [0.1, 0.15) is 0 Å². The molecule has 0 saturated carbocycles. The maximum atomic E-state index is 11.6. The smallest absolute Gasteiger partial charge is 0.257 e. The highest BCUT2D eigenvalue weighted by atomic mass is 32.1. The van der Waals surface area contributed by atoms with E-state index in [9.17, 15) is 4.79 Å². The topological polar surface area (TPSA) is 41.1 Å². The number of unbranched alkanes of at least 4 members (excludes halogenated alkanes) is 1. The molecule has 0 spiro atoms. The van der Waals surface area contributed by atoms with Crippen molar-refractivity contribution in [3.05, 3.63) is 35.9 Å². The molecule has 16 heavy (non-hydrogen) atoms. The van der Waals surface area contributed by atoms with Crippen LogP contribution in [0.3, 0.4) is 0 Å². The number of hydrogen-bond acceptors (Lipinski definition) is 2. The van der Waals surface area contributed by atoms with Crippen LogP contribution < -0.4 is 10.6 Å². The fourth-order valence-electron chi connectivity index (χ4n) is 1.19. The molecule has 0 aliphatic carbocycles. The maximum absolute atomic E-state index is 11.6. The molecule has 4 heteroatoms. The predicted molar refractivity (Wildman–Crippen MR) is 69.4 cm³/mol. The Morgan fingerprint density at radius 3 is 2.62 bits per heavy atom. The van der Waals surface area contributed by atoms with E-state index in [2.05, 4.69) is 17.6 Å². The van der Waals surface area contributed by atoms with Crippen LogP contribution in [-0.2, 0) is 0 Å². The molecule has 3 nitrogen and oxygen atoms in total. The van der Waals surface area contributed by atoms with Crippen LogP contribution in [0.4, 0.5) is 0 Å². The molecule has 1 aromatic rings. The standard InChI is InChI=1S/C12H16N2OS/c1-2-3-9-13-12(16)14-11(15)10-7-5-4-6-8-10/h4-8H,2-3,9H2,1H3,(H2,13,14,15,16). The lowest BCUT2D eigenvalue weighted by Crippen LogP contribution is -2.39. The van der Waals surface area contributed by atoms with E-state index >= 15 is 0 Å². The zero-order chi connectivity index (χ0) is 11.8. The van der Waals surface area contributed by atoms with E-state index < -0.39 is 0 Å². The zero-order valence-corrected chi connectivity index (χ0v) is 10.1. The monoisotopic (exact) mass is 236 g/mol. The molecule has 0 atom stereocenters. The Balaban J connectivity index is 2.37. The summed E-state index contributed by atoms with van der Waals surface area (Å²) < 4.78 is 0. The number of amides is 1. The minimum atomic E-state index is -0.172. The third-order valence-electron chi connectivity index (χ3n) is 2.08. The Labute approximate surface area is 101 Å². The van der Waals surface area contributed by atoms with Crippen molar-refractivity contribution in [2.75, 3.05) is 6.54 Å². The Morgan fingerprint density at radius 2 is 2.00 bits per heavy atom. The number of carbonyl (C=O) groups is 1. The summed E-state index contributed by atoms with van der Waals surface area (Å²) in [6, 6.07) is 9.02. The normalized spacial score (nSPS) is 9.56. The van der Waals surface area contributed by atoms with E-state index in [1.807, 2.05) is 18.2 Å². The minimum absolute atomic E-state index is 0.172. The van der Waals surface area contributed by atoms with Gasteiger partial charge in [0.15, 0.2) is 5.11 Å². The molecule has 0 heterocycles. The van der Waals surface area contributed by atoms with Crippen LogP contribution in [-0.4, -0.2) is 17.6 Å². The van der Waals surface area contributed by atoms with Crippen LogP contribution >= 0.6 is 12.2 Å². The number of thiocarbonyl (C=S) groups is 1. The highest BCUT2D eigenvalue weighted by molar-refractivity contribution is 7.80. The summed E-state index contributed by atoms with van der Waals surface area (Å²) in [5, 5.41) is 6.01. The Kier molecular flexibility index (Phi) is 5.50. The Bertz CT molecular complexity index is 351. The first-order chi connectivity index (χ1) is 7.74. The van der Waals surface area contributed by atoms with E-state index in [1.54, 1.807) is 12.1 Å². The van der Waals surface area contributed by atoms with Gasteiger partial charge >= 0.3 is 0 Å². The molecule has 2 N–H and O–H groups in total. The molecule has 1 aromatic carbocycles. The first-order valence-electron chi connectivity index (χ1n) is 5.38. The molecular formula is C12H16N2OS. The van der Waals surface area contributed by atoms with Crippen molar-refractivity contribution in [1.82, 2.24) is 10.6 Å². The van der Waals surface area contributed by atoms with Crippen molar-refractivity contribution >= 4 is 23.2 Å². The van der Waals surface area contributed by atoms with Gasteiger partial charge in [-0.3, -0.25) is 10.1 Å². The van der Waals surface area contributed by atoms with Gasteiger partial charge < -0.3 is 5.32 Å². The van der Waals surface area contributed by atoms with Gasteiger partial charge in [0.25, 0.3) is 5.91 Å². The molecule has 1 rings (SSSR count). The summed E-state index contributed by atoms with van der Waals surface area (Å²) in [5.74, 6) is -0.172. The lowest BCUT2D eigenvalue weighted by atomic mass is 10.2. The van der Waals surface area contributed by atoms with E-state index in [-0.39, 0.29) is 5.91 Å². The van der Waals surface area contributed by atoms with Crippen molar-refractivity contribution in [1.29, 1.82) is 0 Å². The van der Waals surface area contributed by atoms with Crippen LogP contribution in [0.5, 0.6) is 0 Å². The highest BCUT2D eigenvalue weighted by Crippen LogP contribution is 1.97. The lowest BCUT2D eigenvalue weighted by molar-refractivity contribution is 0.0976. The number of benzene rings is 1. The third-order valence-corrected chi connectivity index (χ3v) is 2.33. The lowest BCUT2D eigenvalue weighted by Gasteiger charge is -2.08. The molecule has 0 fully saturated rings. The number of rotatable bonds is 4. The molecule has 0 bridgehead atoms. The van der Waals surface area contributed by atoms with E-state index in [4.69, 9.17) is 12.2 Å². The van der Waals surface area contributed by atoms with Crippen molar-refractivity contribution < 1.29 is 4.79 Å². The van der Waals surface area contributed by atoms with Crippen molar-refractivity contribution in [3.63, 3.8) is 0 Å². The maximum Gasteiger partial charge on any atom is 0.257 e. The van der Waals surface area contributed by atoms with Gasteiger partial charge in [0, 0.05) is 12.1 Å². The van der Waals surface area contributed by atoms with Crippen molar-refractivity contribution in [2.45, 2.75) is 19.8 Å². The van der Waals surface area contributed by atoms with Gasteiger partial charge in [-0.05, 0) is 30.8 Å². The van der Waals surface area contributed by atoms with E-state index in [1.165, 1.54) is 0 Å². The molecule has 86 valence electrons. The van der Waals surface area contributed by atoms with Gasteiger partial charge in [-0.25, -0.2) is 0 Å². The van der Waals surface area contributed by atoms with Crippen molar-refractivity contribution in [3.8, 4) is 0 Å². The van der Waals surface area contributed by atoms with Gasteiger partial charge in [-0.15, -0.1) is 0 Å². The molecule has 0 radical (unpaired) electrons. The summed E-state index contributed by atoms with van der Waals surface area (Å²) in [4.78, 5) is 11.6. The largest absolute Gasteiger partial charge is 0.362 e. The second-order valence-corrected chi connectivity index (χ2v) is 3.84. The minimum Gasteiger partial charge on any atom is -0.362 e. The Hall–Kier alpha value is -1.42. The van der Waals surface area contributed by atoms with E-state index in [0.29, 0.717) is 10.7 Å². The number of hydrogen-bond donors (Lipinski definition) is 2. The summed E-state index contributed by atoms with van der Waals surface area (Å²) >= 11 is 5.00. The van der Waals surface area contributed by atoms with Crippen LogP contribution in [0.15, 0.2) is 30.3 Å². The average Bonchev–Trinajstić information content (AvgIpc) is 2.30. The SMILES string of the molecule is CCCCNC(=S)NC(=O)c1ccccc1. The Morgan fingerprint density at radius 1 is 1.31 bits per heavy atom. The average molecular weight is 236 g/mol. The fourth-order valence-corrected chi connectivity index (χ4v) is 1.38. The molecule has 0 unspecified atom stereocenters. The highest BCUT2D eigenvalue weighted by Gasteiger charge is 2.05. The fraction of sp³-hybridized carbons (Fsp3) is 0.333. The number of carbonyl (C=O) groups excluding carboxylic acids is 1. The second kappa shape index (κ2) is 6.95. The first kappa shape index (κ1) is 12.6.